The molecule has 6 heteroatoms. The number of piperidine rings is 1. The second-order valence-electron chi connectivity index (χ2n) is 4.57. The standard InChI is InChI=1S/C13H18N2O4/c1-3-18-13(17)10-4-6-15(7-5-10)12(16)11-8-19-9(2)14-11/h8,10H,3-7H2,1-2H3. The lowest BCUT2D eigenvalue weighted by Crippen LogP contribution is -2.40. The molecular formula is C13H18N2O4. The first-order valence-electron chi connectivity index (χ1n) is 6.50. The van der Waals surface area contributed by atoms with Crippen molar-refractivity contribution < 1.29 is 18.7 Å². The fourth-order valence-electron chi connectivity index (χ4n) is 2.20. The average Bonchev–Trinajstić information content (AvgIpc) is 2.85. The van der Waals surface area contributed by atoms with Gasteiger partial charge in [0.15, 0.2) is 11.6 Å². The van der Waals surface area contributed by atoms with Crippen molar-refractivity contribution >= 4 is 11.9 Å². The van der Waals surface area contributed by atoms with E-state index in [1.807, 2.05) is 0 Å². The van der Waals surface area contributed by atoms with Crippen LogP contribution in [0.3, 0.4) is 0 Å². The van der Waals surface area contributed by atoms with E-state index in [1.165, 1.54) is 6.26 Å². The average molecular weight is 266 g/mol. The molecule has 1 amide bonds. The first-order chi connectivity index (χ1) is 9.11. The van der Waals surface area contributed by atoms with Crippen molar-refractivity contribution in [2.24, 2.45) is 5.92 Å². The Kier molecular flexibility index (Phi) is 4.19. The van der Waals surface area contributed by atoms with Crippen molar-refractivity contribution in [1.29, 1.82) is 0 Å². The molecule has 0 aliphatic carbocycles. The molecule has 0 saturated carbocycles. The number of likely N-dealkylation sites (tertiary alicyclic amines) is 1. The second-order valence-corrected chi connectivity index (χ2v) is 4.57. The van der Waals surface area contributed by atoms with Gasteiger partial charge in [0, 0.05) is 20.0 Å². The van der Waals surface area contributed by atoms with E-state index in [1.54, 1.807) is 18.7 Å². The topological polar surface area (TPSA) is 72.6 Å². The van der Waals surface area contributed by atoms with Gasteiger partial charge in [0.1, 0.15) is 6.26 Å². The number of esters is 1. The zero-order valence-corrected chi connectivity index (χ0v) is 11.2. The lowest BCUT2D eigenvalue weighted by atomic mass is 9.97. The third-order valence-electron chi connectivity index (χ3n) is 3.24. The number of ether oxygens (including phenoxy) is 1. The van der Waals surface area contributed by atoms with Crippen LogP contribution in [0.2, 0.25) is 0 Å². The van der Waals surface area contributed by atoms with Gasteiger partial charge in [-0.2, -0.15) is 0 Å². The molecule has 6 nitrogen and oxygen atoms in total. The highest BCUT2D eigenvalue weighted by Crippen LogP contribution is 2.20. The zero-order chi connectivity index (χ0) is 13.8. The smallest absolute Gasteiger partial charge is 0.309 e. The fraction of sp³-hybridized carbons (Fsp3) is 0.615. The Morgan fingerprint density at radius 2 is 2.16 bits per heavy atom. The van der Waals surface area contributed by atoms with Crippen LogP contribution < -0.4 is 0 Å². The number of aryl methyl sites for hydroxylation is 1. The third kappa shape index (κ3) is 3.13. The molecule has 0 radical (unpaired) electrons. The van der Waals surface area contributed by atoms with E-state index < -0.39 is 0 Å². The van der Waals surface area contributed by atoms with Crippen LogP contribution in [0.4, 0.5) is 0 Å². The number of hydrogen-bond donors (Lipinski definition) is 0. The highest BCUT2D eigenvalue weighted by molar-refractivity contribution is 5.92. The molecule has 2 rings (SSSR count). The number of hydrogen-bond acceptors (Lipinski definition) is 5. The minimum atomic E-state index is -0.160. The summed E-state index contributed by atoms with van der Waals surface area (Å²) in [6.07, 6.45) is 2.65. The molecule has 1 saturated heterocycles. The van der Waals surface area contributed by atoms with E-state index in [9.17, 15) is 9.59 Å². The summed E-state index contributed by atoms with van der Waals surface area (Å²) in [5.41, 5.74) is 0.326. The van der Waals surface area contributed by atoms with Crippen LogP contribution in [0, 0.1) is 12.8 Å². The summed E-state index contributed by atoms with van der Waals surface area (Å²) in [7, 11) is 0. The number of amides is 1. The maximum absolute atomic E-state index is 12.1. The summed E-state index contributed by atoms with van der Waals surface area (Å²) in [4.78, 5) is 29.4. The molecular weight excluding hydrogens is 248 g/mol. The number of nitrogens with zero attached hydrogens (tertiary/aromatic N) is 2. The number of carbonyl (C=O) groups excluding carboxylic acids is 2. The van der Waals surface area contributed by atoms with E-state index in [0.29, 0.717) is 44.1 Å². The minimum absolute atomic E-state index is 0.0944. The largest absolute Gasteiger partial charge is 0.466 e. The van der Waals surface area contributed by atoms with Crippen LogP contribution in [0.15, 0.2) is 10.7 Å². The Labute approximate surface area is 111 Å². The maximum Gasteiger partial charge on any atom is 0.309 e. The lowest BCUT2D eigenvalue weighted by Gasteiger charge is -2.30. The summed E-state index contributed by atoms with van der Waals surface area (Å²) in [6.45, 7) is 4.99. The SMILES string of the molecule is CCOC(=O)C1CCN(C(=O)c2coc(C)n2)CC1. The molecule has 0 unspecified atom stereocenters. The van der Waals surface area contributed by atoms with E-state index in [2.05, 4.69) is 4.98 Å². The third-order valence-corrected chi connectivity index (χ3v) is 3.24. The van der Waals surface area contributed by atoms with Crippen molar-refractivity contribution in [3.63, 3.8) is 0 Å². The van der Waals surface area contributed by atoms with Gasteiger partial charge in [-0.15, -0.1) is 0 Å². The van der Waals surface area contributed by atoms with Gasteiger partial charge in [0.05, 0.1) is 12.5 Å². The Morgan fingerprint density at radius 1 is 1.47 bits per heavy atom. The van der Waals surface area contributed by atoms with Gasteiger partial charge in [-0.1, -0.05) is 0 Å². The molecule has 1 aliphatic heterocycles. The predicted octanol–water partition coefficient (Wildman–Crippen LogP) is 1.40. The number of oxazole rings is 1. The summed E-state index contributed by atoms with van der Waals surface area (Å²) in [5.74, 6) is 0.0823. The Balaban J connectivity index is 1.89. The molecule has 2 heterocycles. The van der Waals surface area contributed by atoms with Crippen LogP contribution in [0.25, 0.3) is 0 Å². The highest BCUT2D eigenvalue weighted by Gasteiger charge is 2.29. The van der Waals surface area contributed by atoms with Crippen LogP contribution in [-0.4, -0.2) is 41.5 Å². The maximum atomic E-state index is 12.1. The molecule has 104 valence electrons. The number of aromatic nitrogens is 1. The molecule has 0 N–H and O–H groups in total. The summed E-state index contributed by atoms with van der Waals surface area (Å²) < 4.78 is 10.0. The van der Waals surface area contributed by atoms with Gasteiger partial charge in [-0.25, -0.2) is 4.98 Å². The Hall–Kier alpha value is -1.85. The second kappa shape index (κ2) is 5.86. The first kappa shape index (κ1) is 13.6. The summed E-state index contributed by atoms with van der Waals surface area (Å²) >= 11 is 0. The zero-order valence-electron chi connectivity index (χ0n) is 11.2. The fourth-order valence-corrected chi connectivity index (χ4v) is 2.20. The van der Waals surface area contributed by atoms with Gasteiger partial charge in [0.2, 0.25) is 0 Å². The number of rotatable bonds is 3. The molecule has 0 spiro atoms. The normalized spacial score (nSPS) is 16.4. The molecule has 1 aromatic heterocycles. The monoisotopic (exact) mass is 266 g/mol. The quantitative estimate of drug-likeness (QED) is 0.773. The van der Waals surface area contributed by atoms with E-state index in [0.717, 1.165) is 0 Å². The van der Waals surface area contributed by atoms with Crippen LogP contribution in [0.5, 0.6) is 0 Å². The molecule has 0 bridgehead atoms. The summed E-state index contributed by atoms with van der Waals surface area (Å²) in [6, 6.07) is 0. The van der Waals surface area contributed by atoms with Crippen LogP contribution >= 0.6 is 0 Å². The van der Waals surface area contributed by atoms with Crippen LogP contribution in [-0.2, 0) is 9.53 Å². The van der Waals surface area contributed by atoms with Gasteiger partial charge < -0.3 is 14.1 Å². The minimum Gasteiger partial charge on any atom is -0.466 e. The molecule has 19 heavy (non-hydrogen) atoms. The van der Waals surface area contributed by atoms with E-state index >= 15 is 0 Å². The van der Waals surface area contributed by atoms with E-state index in [-0.39, 0.29) is 17.8 Å². The summed E-state index contributed by atoms with van der Waals surface area (Å²) in [5, 5.41) is 0. The van der Waals surface area contributed by atoms with Gasteiger partial charge in [-0.05, 0) is 19.8 Å². The molecule has 0 atom stereocenters. The van der Waals surface area contributed by atoms with Crippen molar-refractivity contribution in [1.82, 2.24) is 9.88 Å². The highest BCUT2D eigenvalue weighted by atomic mass is 16.5. The van der Waals surface area contributed by atoms with Crippen LogP contribution in [0.1, 0.15) is 36.1 Å². The Morgan fingerprint density at radius 3 is 2.68 bits per heavy atom. The van der Waals surface area contributed by atoms with Gasteiger partial charge >= 0.3 is 5.97 Å². The van der Waals surface area contributed by atoms with Crippen molar-refractivity contribution in [2.45, 2.75) is 26.7 Å². The lowest BCUT2D eigenvalue weighted by molar-refractivity contribution is -0.149. The Bertz CT molecular complexity index is 461. The van der Waals surface area contributed by atoms with Crippen molar-refractivity contribution in [3.8, 4) is 0 Å². The van der Waals surface area contributed by atoms with Gasteiger partial charge in [-0.3, -0.25) is 9.59 Å². The predicted molar refractivity (Wildman–Crippen MR) is 66.5 cm³/mol. The van der Waals surface area contributed by atoms with E-state index in [4.69, 9.17) is 9.15 Å². The number of carbonyl (C=O) groups is 2. The van der Waals surface area contributed by atoms with Gasteiger partial charge in [0.25, 0.3) is 5.91 Å². The van der Waals surface area contributed by atoms with Crippen molar-refractivity contribution in [2.75, 3.05) is 19.7 Å². The molecule has 0 aromatic carbocycles. The molecule has 1 aromatic rings. The first-order valence-corrected chi connectivity index (χ1v) is 6.50. The molecule has 1 aliphatic rings. The van der Waals surface area contributed by atoms with Crippen molar-refractivity contribution in [3.05, 3.63) is 17.8 Å². The molecule has 1 fully saturated rings.